The molecule has 0 bridgehead atoms. The van der Waals surface area contributed by atoms with Crippen molar-refractivity contribution in [2.45, 2.75) is 103 Å². The van der Waals surface area contributed by atoms with Crippen LogP contribution in [0.5, 0.6) is 0 Å². The molecule has 0 aromatic heterocycles. The predicted molar refractivity (Wildman–Crippen MR) is 135 cm³/mol. The summed E-state index contributed by atoms with van der Waals surface area (Å²) in [6.45, 7) is 8.07. The Morgan fingerprint density at radius 3 is 2.22 bits per heavy atom. The number of fused-ring (bicyclic) bond motifs is 1. The second kappa shape index (κ2) is 10.6. The average molecular weight is 519 g/mol. The second-order valence-corrected chi connectivity index (χ2v) is 12.3. The molecule has 4 aliphatic rings. The zero-order valence-corrected chi connectivity index (χ0v) is 22.5. The number of piperidine rings is 1. The van der Waals surface area contributed by atoms with Gasteiger partial charge in [-0.1, -0.05) is 46.0 Å². The minimum absolute atomic E-state index is 0.0336. The Morgan fingerprint density at radius 1 is 1.00 bits per heavy atom. The van der Waals surface area contributed by atoms with Gasteiger partial charge in [-0.3, -0.25) is 19.2 Å². The Hall–Kier alpha value is -2.65. The summed E-state index contributed by atoms with van der Waals surface area (Å²) in [5.74, 6) is -2.25. The molecule has 1 aliphatic heterocycles. The maximum absolute atomic E-state index is 14.0. The number of hydrogen-bond donors (Lipinski definition) is 3. The first-order valence-corrected chi connectivity index (χ1v) is 13.8. The molecular formula is C27H42N4O6. The second-order valence-electron chi connectivity index (χ2n) is 12.3. The maximum Gasteiger partial charge on any atom is 0.408 e. The number of hydrogen-bond acceptors (Lipinski definition) is 6. The Bertz CT molecular complexity index is 939. The van der Waals surface area contributed by atoms with Crippen molar-refractivity contribution in [3.8, 4) is 0 Å². The van der Waals surface area contributed by atoms with Crippen molar-refractivity contribution in [3.05, 3.63) is 0 Å². The molecule has 10 nitrogen and oxygen atoms in total. The molecule has 4 fully saturated rings. The minimum Gasteiger partial charge on any atom is -0.447 e. The van der Waals surface area contributed by atoms with Gasteiger partial charge in [0.05, 0.1) is 12.1 Å². The number of carbonyl (C=O) groups excluding carboxylic acids is 5. The number of ketones is 1. The molecule has 5 atom stereocenters. The van der Waals surface area contributed by atoms with E-state index in [1.807, 2.05) is 0 Å². The molecule has 0 radical (unpaired) electrons. The standard InChI is InChI=1S/C27H42N4O6/c1-14(2)37-26(36)30-20(16-8-6-5-7-9-16)25(35)31-13-17-19(27(17,3)4)21(31)24(34)29-18(12-15-10-11-15)22(32)23(28)33/h14-21H,5-13H2,1-4H3,(H2,28,33)(H,29,34)(H,30,36)/t17-,18?,19-,20-,21-/m0/s1. The van der Waals surface area contributed by atoms with E-state index in [1.54, 1.807) is 18.7 Å². The number of alkyl carbamates (subject to hydrolysis) is 1. The lowest BCUT2D eigenvalue weighted by Gasteiger charge is -2.37. The van der Waals surface area contributed by atoms with E-state index in [4.69, 9.17) is 10.5 Å². The molecule has 1 heterocycles. The molecule has 0 aromatic rings. The first kappa shape index (κ1) is 27.4. The van der Waals surface area contributed by atoms with E-state index >= 15 is 0 Å². The lowest BCUT2D eigenvalue weighted by atomic mass is 9.83. The van der Waals surface area contributed by atoms with E-state index < -0.39 is 41.8 Å². The van der Waals surface area contributed by atoms with Gasteiger partial charge in [-0.15, -0.1) is 0 Å². The molecule has 4 rings (SSSR count). The molecule has 3 aliphatic carbocycles. The van der Waals surface area contributed by atoms with Crippen molar-refractivity contribution in [2.75, 3.05) is 6.54 Å². The third-order valence-corrected chi connectivity index (χ3v) is 8.91. The van der Waals surface area contributed by atoms with Crippen molar-refractivity contribution >= 4 is 29.6 Å². The minimum atomic E-state index is -1.07. The Labute approximate surface area is 218 Å². The van der Waals surface area contributed by atoms with Crippen LogP contribution in [0.2, 0.25) is 0 Å². The van der Waals surface area contributed by atoms with Crippen LogP contribution in [0.3, 0.4) is 0 Å². The summed E-state index contributed by atoms with van der Waals surface area (Å²) in [5, 5.41) is 5.59. The van der Waals surface area contributed by atoms with Gasteiger partial charge in [0.15, 0.2) is 0 Å². The van der Waals surface area contributed by atoms with Crippen LogP contribution in [0.25, 0.3) is 0 Å². The Morgan fingerprint density at radius 2 is 1.65 bits per heavy atom. The normalized spacial score (nSPS) is 28.1. The molecule has 206 valence electrons. The number of ether oxygens (including phenoxy) is 1. The number of amides is 4. The van der Waals surface area contributed by atoms with Crippen LogP contribution in [0.4, 0.5) is 4.79 Å². The molecule has 0 spiro atoms. The number of nitrogens with zero attached hydrogens (tertiary/aromatic N) is 1. The third-order valence-electron chi connectivity index (χ3n) is 8.91. The largest absolute Gasteiger partial charge is 0.447 e. The molecule has 1 saturated heterocycles. The number of primary amides is 1. The van der Waals surface area contributed by atoms with Gasteiger partial charge in [0, 0.05) is 6.54 Å². The summed E-state index contributed by atoms with van der Waals surface area (Å²) < 4.78 is 5.28. The SMILES string of the molecule is CC(C)OC(=O)N[C@H](C(=O)N1C[C@H]2[C@@H]([C@H]1C(=O)NC(CC1CC1)C(=O)C(N)=O)C2(C)C)C1CCCCC1. The molecule has 4 amide bonds. The average Bonchev–Trinajstić information content (AvgIpc) is 3.68. The number of carbonyl (C=O) groups is 5. The molecule has 4 N–H and O–H groups in total. The number of nitrogens with two attached hydrogens (primary N) is 1. The van der Waals surface area contributed by atoms with Crippen LogP contribution >= 0.6 is 0 Å². The third kappa shape index (κ3) is 5.93. The number of rotatable bonds is 10. The van der Waals surface area contributed by atoms with E-state index in [2.05, 4.69) is 24.5 Å². The highest BCUT2D eigenvalue weighted by Crippen LogP contribution is 2.65. The summed E-state index contributed by atoms with van der Waals surface area (Å²) in [6, 6.07) is -2.54. The van der Waals surface area contributed by atoms with Crippen LogP contribution in [-0.4, -0.2) is 65.3 Å². The topological polar surface area (TPSA) is 148 Å². The summed E-state index contributed by atoms with van der Waals surface area (Å²) in [4.78, 5) is 65.9. The van der Waals surface area contributed by atoms with Crippen molar-refractivity contribution < 1.29 is 28.7 Å². The molecule has 1 unspecified atom stereocenters. The zero-order chi connectivity index (χ0) is 27.1. The van der Waals surface area contributed by atoms with Gasteiger partial charge in [-0.2, -0.15) is 0 Å². The van der Waals surface area contributed by atoms with E-state index in [9.17, 15) is 24.0 Å². The molecule has 37 heavy (non-hydrogen) atoms. The van der Waals surface area contributed by atoms with Crippen molar-refractivity contribution in [1.29, 1.82) is 0 Å². The fraction of sp³-hybridized carbons (Fsp3) is 0.815. The Balaban J connectivity index is 1.55. The van der Waals surface area contributed by atoms with Gasteiger partial charge in [0.1, 0.15) is 12.1 Å². The van der Waals surface area contributed by atoms with Gasteiger partial charge in [0.2, 0.25) is 17.6 Å². The van der Waals surface area contributed by atoms with Crippen LogP contribution in [0.15, 0.2) is 0 Å². The van der Waals surface area contributed by atoms with Crippen LogP contribution in [0, 0.1) is 29.1 Å². The van der Waals surface area contributed by atoms with Crippen LogP contribution < -0.4 is 16.4 Å². The zero-order valence-electron chi connectivity index (χ0n) is 22.5. The Kier molecular flexibility index (Phi) is 7.85. The summed E-state index contributed by atoms with van der Waals surface area (Å²) >= 11 is 0. The smallest absolute Gasteiger partial charge is 0.408 e. The summed E-state index contributed by atoms with van der Waals surface area (Å²) in [5.41, 5.74) is 5.14. The summed E-state index contributed by atoms with van der Waals surface area (Å²) in [6.07, 6.45) is 6.00. The highest BCUT2D eigenvalue weighted by atomic mass is 16.6. The van der Waals surface area contributed by atoms with Gasteiger partial charge < -0.3 is 26.0 Å². The number of likely N-dealkylation sites (tertiary alicyclic amines) is 1. The first-order chi connectivity index (χ1) is 17.4. The van der Waals surface area contributed by atoms with E-state index in [1.165, 1.54) is 0 Å². The van der Waals surface area contributed by atoms with Gasteiger partial charge in [0.25, 0.3) is 5.91 Å². The lowest BCUT2D eigenvalue weighted by Crippen LogP contribution is -2.59. The predicted octanol–water partition coefficient (Wildman–Crippen LogP) is 1.89. The van der Waals surface area contributed by atoms with E-state index in [-0.39, 0.29) is 41.1 Å². The highest BCUT2D eigenvalue weighted by molar-refractivity contribution is 6.37. The first-order valence-electron chi connectivity index (χ1n) is 13.8. The number of nitrogens with one attached hydrogen (secondary N) is 2. The maximum atomic E-state index is 14.0. The molecule has 0 aromatic carbocycles. The summed E-state index contributed by atoms with van der Waals surface area (Å²) in [7, 11) is 0. The lowest BCUT2D eigenvalue weighted by molar-refractivity contribution is -0.144. The van der Waals surface area contributed by atoms with Crippen LogP contribution in [-0.2, 0) is 23.9 Å². The van der Waals surface area contributed by atoms with Gasteiger partial charge in [-0.25, -0.2) is 4.79 Å². The van der Waals surface area contributed by atoms with Crippen LogP contribution in [0.1, 0.15) is 79.1 Å². The highest BCUT2D eigenvalue weighted by Gasteiger charge is 2.69. The van der Waals surface area contributed by atoms with Crippen molar-refractivity contribution in [3.63, 3.8) is 0 Å². The fourth-order valence-electron chi connectivity index (χ4n) is 6.56. The van der Waals surface area contributed by atoms with Crippen molar-refractivity contribution in [1.82, 2.24) is 15.5 Å². The quantitative estimate of drug-likeness (QED) is 0.376. The molecule has 3 saturated carbocycles. The van der Waals surface area contributed by atoms with E-state index in [0.29, 0.717) is 13.0 Å². The van der Waals surface area contributed by atoms with Gasteiger partial charge in [-0.05, 0) is 62.2 Å². The number of Topliss-reactive ketones (excluding diaryl/α,β-unsaturated/α-hetero) is 1. The molecular weight excluding hydrogens is 476 g/mol. The van der Waals surface area contributed by atoms with E-state index in [0.717, 1.165) is 44.9 Å². The fourth-order valence-corrected chi connectivity index (χ4v) is 6.56. The monoisotopic (exact) mass is 518 g/mol. The molecule has 10 heteroatoms. The van der Waals surface area contributed by atoms with Crippen molar-refractivity contribution in [2.24, 2.45) is 34.8 Å². The van der Waals surface area contributed by atoms with Gasteiger partial charge >= 0.3 is 6.09 Å².